The first kappa shape index (κ1) is 9.00. The highest BCUT2D eigenvalue weighted by Crippen LogP contribution is 2.62. The molecule has 0 aromatic rings. The van der Waals surface area contributed by atoms with Gasteiger partial charge in [-0.15, -0.1) is 0 Å². The van der Waals surface area contributed by atoms with Crippen LogP contribution in [0.3, 0.4) is 0 Å². The van der Waals surface area contributed by atoms with Crippen molar-refractivity contribution >= 4 is 5.97 Å². The van der Waals surface area contributed by atoms with Crippen LogP contribution in [-0.2, 0) is 4.79 Å². The second kappa shape index (κ2) is 2.27. The minimum absolute atomic E-state index is 0.212. The number of carboxylic acid groups (broad SMARTS) is 1. The van der Waals surface area contributed by atoms with Crippen LogP contribution < -0.4 is 0 Å². The lowest BCUT2D eigenvalue weighted by molar-refractivity contribution is -0.159. The van der Waals surface area contributed by atoms with Crippen LogP contribution in [-0.4, -0.2) is 22.3 Å². The van der Waals surface area contributed by atoms with Crippen molar-refractivity contribution in [1.82, 2.24) is 0 Å². The van der Waals surface area contributed by atoms with Crippen LogP contribution in [0.15, 0.2) is 0 Å². The maximum Gasteiger partial charge on any atom is 0.312 e. The molecule has 3 unspecified atom stereocenters. The van der Waals surface area contributed by atoms with Crippen LogP contribution in [0.5, 0.6) is 0 Å². The molecule has 0 aromatic carbocycles. The highest BCUT2D eigenvalue weighted by atomic mass is 16.4. The molecular weight excluding hydrogens is 168 g/mol. The van der Waals surface area contributed by atoms with E-state index < -0.39 is 17.5 Å². The normalized spacial score (nSPS) is 46.7. The summed E-state index contributed by atoms with van der Waals surface area (Å²) in [6.07, 6.45) is 1.60. The summed E-state index contributed by atoms with van der Waals surface area (Å²) in [7, 11) is 0. The molecule has 2 aliphatic carbocycles. The Balaban J connectivity index is 2.40. The Hall–Kier alpha value is -0.570. The first-order valence-electron chi connectivity index (χ1n) is 4.83. The molecule has 3 heteroatoms. The van der Waals surface area contributed by atoms with Crippen LogP contribution in [0.25, 0.3) is 0 Å². The molecule has 74 valence electrons. The van der Waals surface area contributed by atoms with Gasteiger partial charge >= 0.3 is 5.97 Å². The average molecular weight is 184 g/mol. The maximum absolute atomic E-state index is 11.1. The standard InChI is InChI=1S/C10H16O3/c1-9(2)6-3-4-10(5-6,7(9)11)8(12)13/h6-7,11H,3-5H2,1-2H3,(H,12,13). The van der Waals surface area contributed by atoms with Gasteiger partial charge in [0.25, 0.3) is 0 Å². The molecule has 2 N–H and O–H groups in total. The Morgan fingerprint density at radius 3 is 2.38 bits per heavy atom. The summed E-state index contributed by atoms with van der Waals surface area (Å²) < 4.78 is 0. The third kappa shape index (κ3) is 0.857. The summed E-state index contributed by atoms with van der Waals surface area (Å²) in [5, 5.41) is 19.1. The molecule has 0 aliphatic heterocycles. The molecule has 0 aromatic heterocycles. The molecule has 0 saturated heterocycles. The van der Waals surface area contributed by atoms with Gasteiger partial charge in [-0.25, -0.2) is 0 Å². The molecule has 2 fully saturated rings. The SMILES string of the molecule is CC1(C)C2CCC(C(=O)O)(C2)C1O. The van der Waals surface area contributed by atoms with Crippen LogP contribution in [0, 0.1) is 16.7 Å². The fourth-order valence-corrected chi connectivity index (χ4v) is 3.21. The molecular formula is C10H16O3. The first-order chi connectivity index (χ1) is 5.91. The summed E-state index contributed by atoms with van der Waals surface area (Å²) in [4.78, 5) is 11.1. The van der Waals surface area contributed by atoms with E-state index in [4.69, 9.17) is 5.11 Å². The van der Waals surface area contributed by atoms with E-state index in [2.05, 4.69) is 0 Å². The number of fused-ring (bicyclic) bond motifs is 2. The van der Waals surface area contributed by atoms with Gasteiger partial charge in [0.15, 0.2) is 0 Å². The number of hydrogen-bond acceptors (Lipinski definition) is 2. The first-order valence-corrected chi connectivity index (χ1v) is 4.83. The summed E-state index contributed by atoms with van der Waals surface area (Å²) >= 11 is 0. The number of aliphatic carboxylic acids is 1. The second-order valence-corrected chi connectivity index (χ2v) is 5.12. The van der Waals surface area contributed by atoms with E-state index in [-0.39, 0.29) is 5.41 Å². The lowest BCUT2D eigenvalue weighted by Crippen LogP contribution is -2.45. The Labute approximate surface area is 77.8 Å². The van der Waals surface area contributed by atoms with Crippen molar-refractivity contribution in [3.05, 3.63) is 0 Å². The molecule has 3 nitrogen and oxygen atoms in total. The molecule has 13 heavy (non-hydrogen) atoms. The van der Waals surface area contributed by atoms with E-state index >= 15 is 0 Å². The molecule has 0 spiro atoms. The van der Waals surface area contributed by atoms with Crippen molar-refractivity contribution in [3.63, 3.8) is 0 Å². The van der Waals surface area contributed by atoms with E-state index in [1.165, 1.54) is 0 Å². The second-order valence-electron chi connectivity index (χ2n) is 5.12. The summed E-state index contributed by atoms with van der Waals surface area (Å²) in [5.41, 5.74) is -1.04. The fraction of sp³-hybridized carbons (Fsp3) is 0.900. The lowest BCUT2D eigenvalue weighted by Gasteiger charge is -2.38. The van der Waals surface area contributed by atoms with Crippen LogP contribution in [0.1, 0.15) is 33.1 Å². The van der Waals surface area contributed by atoms with Gasteiger partial charge in [-0.1, -0.05) is 13.8 Å². The Bertz CT molecular complexity index is 259. The van der Waals surface area contributed by atoms with Crippen molar-refractivity contribution < 1.29 is 15.0 Å². The zero-order valence-electron chi connectivity index (χ0n) is 8.08. The van der Waals surface area contributed by atoms with Gasteiger partial charge in [0.2, 0.25) is 0 Å². The Morgan fingerprint density at radius 2 is 2.08 bits per heavy atom. The van der Waals surface area contributed by atoms with E-state index in [1.807, 2.05) is 13.8 Å². The average Bonchev–Trinajstić information content (AvgIpc) is 2.53. The Kier molecular flexibility index (Phi) is 1.57. The summed E-state index contributed by atoms with van der Waals surface area (Å²) in [6.45, 7) is 3.96. The van der Waals surface area contributed by atoms with Crippen LogP contribution >= 0.6 is 0 Å². The van der Waals surface area contributed by atoms with Gasteiger partial charge in [-0.3, -0.25) is 4.79 Å². The van der Waals surface area contributed by atoms with Gasteiger partial charge in [0.05, 0.1) is 11.5 Å². The van der Waals surface area contributed by atoms with E-state index in [9.17, 15) is 9.90 Å². The van der Waals surface area contributed by atoms with Crippen molar-refractivity contribution in [3.8, 4) is 0 Å². The highest BCUT2D eigenvalue weighted by Gasteiger charge is 2.65. The monoisotopic (exact) mass is 184 g/mol. The highest BCUT2D eigenvalue weighted by molar-refractivity contribution is 5.77. The molecule has 2 aliphatic rings. The molecule has 2 bridgehead atoms. The zero-order chi connectivity index (χ0) is 9.85. The topological polar surface area (TPSA) is 57.5 Å². The predicted molar refractivity (Wildman–Crippen MR) is 47.2 cm³/mol. The van der Waals surface area contributed by atoms with Gasteiger partial charge in [-0.2, -0.15) is 0 Å². The molecule has 0 radical (unpaired) electrons. The summed E-state index contributed by atoms with van der Waals surface area (Å²) in [5.74, 6) is -0.424. The molecule has 0 amide bonds. The number of rotatable bonds is 1. The smallest absolute Gasteiger partial charge is 0.312 e. The molecule has 2 saturated carbocycles. The van der Waals surface area contributed by atoms with Crippen molar-refractivity contribution in [1.29, 1.82) is 0 Å². The number of aliphatic hydroxyl groups is 1. The number of hydrogen-bond donors (Lipinski definition) is 2. The zero-order valence-corrected chi connectivity index (χ0v) is 8.08. The largest absolute Gasteiger partial charge is 0.481 e. The van der Waals surface area contributed by atoms with Crippen LogP contribution in [0.4, 0.5) is 0 Å². The third-order valence-electron chi connectivity index (χ3n) is 4.26. The third-order valence-corrected chi connectivity index (χ3v) is 4.26. The van der Waals surface area contributed by atoms with Gasteiger partial charge in [0.1, 0.15) is 0 Å². The van der Waals surface area contributed by atoms with Gasteiger partial charge in [0, 0.05) is 0 Å². The number of carbonyl (C=O) groups is 1. The van der Waals surface area contributed by atoms with E-state index in [0.717, 1.165) is 6.42 Å². The minimum atomic E-state index is -0.825. The van der Waals surface area contributed by atoms with Crippen LogP contribution in [0.2, 0.25) is 0 Å². The number of carboxylic acids is 1. The molecule has 0 heterocycles. The van der Waals surface area contributed by atoms with E-state index in [1.54, 1.807) is 0 Å². The predicted octanol–water partition coefficient (Wildman–Crippen LogP) is 1.26. The van der Waals surface area contributed by atoms with Gasteiger partial charge in [-0.05, 0) is 30.6 Å². The minimum Gasteiger partial charge on any atom is -0.481 e. The van der Waals surface area contributed by atoms with Crippen molar-refractivity contribution in [2.45, 2.75) is 39.2 Å². The van der Waals surface area contributed by atoms with E-state index in [0.29, 0.717) is 18.8 Å². The quantitative estimate of drug-likeness (QED) is 0.645. The Morgan fingerprint density at radius 1 is 1.46 bits per heavy atom. The number of aliphatic hydroxyl groups excluding tert-OH is 1. The molecule has 3 atom stereocenters. The lowest BCUT2D eigenvalue weighted by atomic mass is 9.69. The van der Waals surface area contributed by atoms with Gasteiger partial charge < -0.3 is 10.2 Å². The fourth-order valence-electron chi connectivity index (χ4n) is 3.21. The molecule has 2 rings (SSSR count). The van der Waals surface area contributed by atoms with Crippen molar-refractivity contribution in [2.75, 3.05) is 0 Å². The van der Waals surface area contributed by atoms with Crippen molar-refractivity contribution in [2.24, 2.45) is 16.7 Å². The summed E-state index contributed by atoms with van der Waals surface area (Å²) in [6, 6.07) is 0. The maximum atomic E-state index is 11.1.